The van der Waals surface area contributed by atoms with Crippen LogP contribution in [0.3, 0.4) is 0 Å². The molecule has 32 heavy (non-hydrogen) atoms. The van der Waals surface area contributed by atoms with Crippen molar-refractivity contribution in [3.8, 4) is 0 Å². The van der Waals surface area contributed by atoms with E-state index >= 15 is 0 Å². The summed E-state index contributed by atoms with van der Waals surface area (Å²) in [5, 5.41) is 3.45. The third kappa shape index (κ3) is 5.34. The van der Waals surface area contributed by atoms with Crippen LogP contribution in [0.5, 0.6) is 0 Å². The molecule has 0 radical (unpaired) electrons. The van der Waals surface area contributed by atoms with E-state index in [0.29, 0.717) is 10.9 Å². The molecule has 7 nitrogen and oxygen atoms in total. The molecule has 1 N–H and O–H groups in total. The van der Waals surface area contributed by atoms with Gasteiger partial charge in [-0.25, -0.2) is 8.42 Å². The van der Waals surface area contributed by atoms with E-state index in [-0.39, 0.29) is 23.4 Å². The lowest BCUT2D eigenvalue weighted by atomic mass is 9.95. The summed E-state index contributed by atoms with van der Waals surface area (Å²) in [5.41, 5.74) is 0.696. The molecule has 1 saturated carbocycles. The van der Waals surface area contributed by atoms with Gasteiger partial charge in [-0.3, -0.25) is 9.59 Å². The van der Waals surface area contributed by atoms with E-state index in [1.165, 1.54) is 12.6 Å². The standard InChI is InChI=1S/C24H33N3O4S/c28-23(25-19-10-4-3-5-11-19)18-32(30,31)22-16-27(21-13-7-6-12-20(21)22)17-24(29)26-14-8-1-2-9-15-26/h6-7,12-13,16,19H,1-5,8-11,14-15,17-18H2,(H,25,28). The largest absolute Gasteiger partial charge is 0.352 e. The van der Waals surface area contributed by atoms with E-state index in [1.54, 1.807) is 16.7 Å². The van der Waals surface area contributed by atoms with Gasteiger partial charge in [0.1, 0.15) is 12.3 Å². The van der Waals surface area contributed by atoms with Crippen molar-refractivity contribution in [2.24, 2.45) is 0 Å². The third-order valence-electron chi connectivity index (χ3n) is 6.64. The highest BCUT2D eigenvalue weighted by Gasteiger charge is 2.27. The van der Waals surface area contributed by atoms with E-state index in [2.05, 4.69) is 5.32 Å². The Morgan fingerprint density at radius 1 is 0.938 bits per heavy atom. The molecule has 8 heteroatoms. The molecule has 1 aromatic carbocycles. The molecule has 4 rings (SSSR count). The number of carbonyl (C=O) groups is 2. The summed E-state index contributed by atoms with van der Waals surface area (Å²) in [6.07, 6.45) is 10.9. The van der Waals surface area contributed by atoms with Gasteiger partial charge in [-0.2, -0.15) is 0 Å². The highest BCUT2D eigenvalue weighted by atomic mass is 32.2. The van der Waals surface area contributed by atoms with Gasteiger partial charge in [0.25, 0.3) is 0 Å². The van der Waals surface area contributed by atoms with Crippen molar-refractivity contribution in [2.75, 3.05) is 18.8 Å². The minimum atomic E-state index is -3.84. The van der Waals surface area contributed by atoms with Crippen molar-refractivity contribution < 1.29 is 18.0 Å². The van der Waals surface area contributed by atoms with E-state index in [9.17, 15) is 18.0 Å². The molecule has 2 amide bonds. The van der Waals surface area contributed by atoms with Gasteiger partial charge < -0.3 is 14.8 Å². The van der Waals surface area contributed by atoms with Gasteiger partial charge in [0.2, 0.25) is 11.8 Å². The maximum Gasteiger partial charge on any atom is 0.242 e. The molecule has 2 fully saturated rings. The number of hydrogen-bond donors (Lipinski definition) is 1. The second-order valence-corrected chi connectivity index (χ2v) is 11.1. The van der Waals surface area contributed by atoms with Crippen LogP contribution in [0.4, 0.5) is 0 Å². The van der Waals surface area contributed by atoms with Gasteiger partial charge in [0.05, 0.1) is 4.90 Å². The SMILES string of the molecule is O=C(CS(=O)(=O)c1cn(CC(=O)N2CCCCCC2)c2ccccc12)NC1CCCCC1. The first kappa shape index (κ1) is 22.8. The van der Waals surface area contributed by atoms with Crippen molar-refractivity contribution in [3.05, 3.63) is 30.5 Å². The van der Waals surface area contributed by atoms with E-state index in [0.717, 1.165) is 64.5 Å². The lowest BCUT2D eigenvalue weighted by Crippen LogP contribution is -2.39. The first-order chi connectivity index (χ1) is 15.4. The minimum Gasteiger partial charge on any atom is -0.352 e. The second kappa shape index (κ2) is 10.1. The number of aromatic nitrogens is 1. The number of carbonyl (C=O) groups excluding carboxylic acids is 2. The van der Waals surface area contributed by atoms with Crippen molar-refractivity contribution in [2.45, 2.75) is 75.3 Å². The highest BCUT2D eigenvalue weighted by molar-refractivity contribution is 7.92. The molecule has 1 saturated heterocycles. The summed E-state index contributed by atoms with van der Waals surface area (Å²) in [4.78, 5) is 27.4. The average Bonchev–Trinajstić information content (AvgIpc) is 2.95. The van der Waals surface area contributed by atoms with E-state index in [4.69, 9.17) is 0 Å². The molecule has 2 aliphatic rings. The fourth-order valence-electron chi connectivity index (χ4n) is 4.92. The van der Waals surface area contributed by atoms with Gasteiger partial charge in [-0.15, -0.1) is 0 Å². The van der Waals surface area contributed by atoms with Crippen LogP contribution in [0.15, 0.2) is 35.4 Å². The molecule has 0 spiro atoms. The predicted molar refractivity (Wildman–Crippen MR) is 124 cm³/mol. The number of para-hydroxylation sites is 1. The van der Waals surface area contributed by atoms with E-state index in [1.807, 2.05) is 17.0 Å². The summed E-state index contributed by atoms with van der Waals surface area (Å²) in [5.74, 6) is -1.02. The number of sulfone groups is 1. The third-order valence-corrected chi connectivity index (χ3v) is 8.28. The summed E-state index contributed by atoms with van der Waals surface area (Å²) < 4.78 is 28.1. The Balaban J connectivity index is 1.53. The van der Waals surface area contributed by atoms with E-state index < -0.39 is 21.5 Å². The van der Waals surface area contributed by atoms with Crippen LogP contribution in [0.2, 0.25) is 0 Å². The number of nitrogens with one attached hydrogen (secondary N) is 1. The number of rotatable bonds is 6. The van der Waals surface area contributed by atoms with Gasteiger partial charge in [0.15, 0.2) is 9.84 Å². The monoisotopic (exact) mass is 459 g/mol. The predicted octanol–water partition coefficient (Wildman–Crippen LogP) is 3.27. The lowest BCUT2D eigenvalue weighted by molar-refractivity contribution is -0.131. The topological polar surface area (TPSA) is 88.5 Å². The number of amides is 2. The molecule has 0 unspecified atom stereocenters. The number of nitrogens with zero attached hydrogens (tertiary/aromatic N) is 2. The number of benzene rings is 1. The van der Waals surface area contributed by atoms with Crippen LogP contribution in [0.1, 0.15) is 57.8 Å². The number of fused-ring (bicyclic) bond motifs is 1. The number of likely N-dealkylation sites (tertiary alicyclic amines) is 1. The average molecular weight is 460 g/mol. The molecule has 1 aliphatic heterocycles. The Bertz CT molecular complexity index is 1060. The molecule has 0 bridgehead atoms. The fraction of sp³-hybridized carbons (Fsp3) is 0.583. The lowest BCUT2D eigenvalue weighted by Gasteiger charge is -2.22. The first-order valence-corrected chi connectivity index (χ1v) is 13.5. The molecule has 1 aromatic heterocycles. The van der Waals surface area contributed by atoms with Gasteiger partial charge >= 0.3 is 0 Å². The van der Waals surface area contributed by atoms with Crippen LogP contribution >= 0.6 is 0 Å². The molecule has 2 heterocycles. The zero-order valence-corrected chi connectivity index (χ0v) is 19.4. The van der Waals surface area contributed by atoms with Gasteiger partial charge in [-0.1, -0.05) is 50.3 Å². The maximum absolute atomic E-state index is 13.2. The van der Waals surface area contributed by atoms with Gasteiger partial charge in [0, 0.05) is 36.2 Å². The minimum absolute atomic E-state index is 0.00615. The zero-order chi connectivity index (χ0) is 22.6. The quantitative estimate of drug-likeness (QED) is 0.718. The van der Waals surface area contributed by atoms with Crippen LogP contribution in [0.25, 0.3) is 10.9 Å². The van der Waals surface area contributed by atoms with Crippen LogP contribution < -0.4 is 5.32 Å². The van der Waals surface area contributed by atoms with Crippen molar-refractivity contribution in [3.63, 3.8) is 0 Å². The summed E-state index contributed by atoms with van der Waals surface area (Å²) in [6.45, 7) is 1.61. The molecule has 2 aromatic rings. The molecule has 174 valence electrons. The summed E-state index contributed by atoms with van der Waals surface area (Å²) in [6, 6.07) is 7.26. The smallest absolute Gasteiger partial charge is 0.242 e. The Hall–Kier alpha value is -2.35. The maximum atomic E-state index is 13.2. The van der Waals surface area contributed by atoms with Crippen LogP contribution in [-0.2, 0) is 26.0 Å². The Kier molecular flexibility index (Phi) is 7.18. The van der Waals surface area contributed by atoms with Crippen molar-refractivity contribution >= 4 is 32.6 Å². The molecular formula is C24H33N3O4S. The Morgan fingerprint density at radius 3 is 2.31 bits per heavy atom. The summed E-state index contributed by atoms with van der Waals surface area (Å²) in [7, 11) is -3.84. The summed E-state index contributed by atoms with van der Waals surface area (Å²) >= 11 is 0. The second-order valence-electron chi connectivity index (χ2n) is 9.09. The molecular weight excluding hydrogens is 426 g/mol. The normalized spacial score (nSPS) is 18.4. The van der Waals surface area contributed by atoms with Gasteiger partial charge in [-0.05, 0) is 31.7 Å². The Morgan fingerprint density at radius 2 is 1.59 bits per heavy atom. The van der Waals surface area contributed by atoms with Crippen LogP contribution in [0, 0.1) is 0 Å². The van der Waals surface area contributed by atoms with Crippen molar-refractivity contribution in [1.29, 1.82) is 0 Å². The van der Waals surface area contributed by atoms with Crippen molar-refractivity contribution in [1.82, 2.24) is 14.8 Å². The number of hydrogen-bond acceptors (Lipinski definition) is 4. The molecule has 0 atom stereocenters. The fourth-order valence-corrected chi connectivity index (χ4v) is 6.30. The Labute approximate surface area is 190 Å². The first-order valence-electron chi connectivity index (χ1n) is 11.8. The molecule has 1 aliphatic carbocycles. The van der Waals surface area contributed by atoms with Crippen LogP contribution in [-0.4, -0.2) is 54.6 Å². The zero-order valence-electron chi connectivity index (χ0n) is 18.6. The highest BCUT2D eigenvalue weighted by Crippen LogP contribution is 2.27.